The molecule has 2 heterocycles. The SMILES string of the molecule is C=CCON[C@H]1C=C(c2nccs2)[C@@H](CC)N(BC=O)C1. The lowest BCUT2D eigenvalue weighted by Crippen LogP contribution is -2.50. The predicted octanol–water partition coefficient (Wildman–Crippen LogP) is 1.24. The van der Waals surface area contributed by atoms with Gasteiger partial charge in [0.15, 0.2) is 0 Å². The van der Waals surface area contributed by atoms with E-state index >= 15 is 0 Å². The molecule has 0 saturated heterocycles. The minimum atomic E-state index is 0.0339. The third kappa shape index (κ3) is 4.10. The molecule has 1 aliphatic heterocycles. The predicted molar refractivity (Wildman–Crippen MR) is 87.8 cm³/mol. The van der Waals surface area contributed by atoms with E-state index in [9.17, 15) is 4.79 Å². The smallest absolute Gasteiger partial charge is 0.281 e. The summed E-state index contributed by atoms with van der Waals surface area (Å²) in [5.41, 5.74) is 4.19. The second-order valence-electron chi connectivity index (χ2n) is 4.83. The zero-order valence-corrected chi connectivity index (χ0v) is 13.0. The van der Waals surface area contributed by atoms with Crippen LogP contribution in [-0.4, -0.2) is 48.6 Å². The van der Waals surface area contributed by atoms with Crippen LogP contribution in [-0.2, 0) is 9.63 Å². The Kier molecular flexibility index (Phi) is 6.32. The van der Waals surface area contributed by atoms with Gasteiger partial charge in [-0.2, -0.15) is 5.48 Å². The Morgan fingerprint density at radius 3 is 3.19 bits per heavy atom. The summed E-state index contributed by atoms with van der Waals surface area (Å²) in [6.45, 7) is 6.94. The summed E-state index contributed by atoms with van der Waals surface area (Å²) < 4.78 is 0. The summed E-state index contributed by atoms with van der Waals surface area (Å²) in [7, 11) is 0.418. The van der Waals surface area contributed by atoms with Crippen LogP contribution in [0.15, 0.2) is 30.3 Å². The number of thiazole rings is 1. The number of hydrogen-bond acceptors (Lipinski definition) is 6. The Morgan fingerprint density at radius 2 is 2.57 bits per heavy atom. The highest BCUT2D eigenvalue weighted by atomic mass is 32.1. The molecule has 0 fully saturated rings. The lowest BCUT2D eigenvalue weighted by Gasteiger charge is -2.37. The molecule has 0 amide bonds. The van der Waals surface area contributed by atoms with Crippen molar-refractivity contribution in [1.29, 1.82) is 0 Å². The largest absolute Gasteiger partial charge is 0.330 e. The Morgan fingerprint density at radius 1 is 1.71 bits per heavy atom. The number of nitrogens with one attached hydrogen (secondary N) is 1. The zero-order chi connectivity index (χ0) is 15.1. The van der Waals surface area contributed by atoms with Crippen LogP contribution in [0, 0.1) is 0 Å². The molecule has 1 aromatic heterocycles. The van der Waals surface area contributed by atoms with Crippen molar-refractivity contribution in [3.8, 4) is 0 Å². The van der Waals surface area contributed by atoms with Gasteiger partial charge in [-0.3, -0.25) is 4.84 Å². The Labute approximate surface area is 129 Å². The molecule has 1 aromatic rings. The van der Waals surface area contributed by atoms with E-state index < -0.39 is 0 Å². The van der Waals surface area contributed by atoms with Gasteiger partial charge in [0.25, 0.3) is 7.41 Å². The highest BCUT2D eigenvalue weighted by molar-refractivity contribution is 7.10. The van der Waals surface area contributed by atoms with Gasteiger partial charge in [0.05, 0.1) is 18.8 Å². The Bertz CT molecular complexity index is 492. The summed E-state index contributed by atoms with van der Waals surface area (Å²) in [5.74, 6) is 0. The van der Waals surface area contributed by atoms with Crippen molar-refractivity contribution in [2.75, 3.05) is 13.2 Å². The number of carbonyl (C=O) groups excluding carboxylic acids is 1. The van der Waals surface area contributed by atoms with Crippen LogP contribution >= 0.6 is 11.3 Å². The van der Waals surface area contributed by atoms with Crippen molar-refractivity contribution < 1.29 is 9.63 Å². The van der Waals surface area contributed by atoms with E-state index in [1.54, 1.807) is 17.4 Å². The van der Waals surface area contributed by atoms with Gasteiger partial charge < -0.3 is 9.61 Å². The molecule has 0 aliphatic carbocycles. The van der Waals surface area contributed by atoms with Crippen LogP contribution in [0.4, 0.5) is 0 Å². The molecule has 0 spiro atoms. The summed E-state index contributed by atoms with van der Waals surface area (Å²) in [5, 5.41) is 2.98. The second kappa shape index (κ2) is 8.24. The van der Waals surface area contributed by atoms with Gasteiger partial charge in [0.1, 0.15) is 5.01 Å². The van der Waals surface area contributed by atoms with Crippen molar-refractivity contribution in [1.82, 2.24) is 15.3 Å². The lowest BCUT2D eigenvalue weighted by atomic mass is 9.84. The van der Waals surface area contributed by atoms with Crippen molar-refractivity contribution in [2.45, 2.75) is 25.4 Å². The van der Waals surface area contributed by atoms with E-state index in [-0.39, 0.29) is 12.1 Å². The summed E-state index contributed by atoms with van der Waals surface area (Å²) >= 11 is 1.62. The molecule has 21 heavy (non-hydrogen) atoms. The molecule has 1 N–H and O–H groups in total. The first-order valence-corrected chi connectivity index (χ1v) is 7.95. The highest BCUT2D eigenvalue weighted by Crippen LogP contribution is 2.29. The first-order chi connectivity index (χ1) is 10.3. The molecule has 2 rings (SSSR count). The van der Waals surface area contributed by atoms with E-state index in [1.807, 2.05) is 11.6 Å². The van der Waals surface area contributed by atoms with Crippen molar-refractivity contribution >= 4 is 30.5 Å². The number of rotatable bonds is 8. The lowest BCUT2D eigenvalue weighted by molar-refractivity contribution is 0.0393. The average molecular weight is 305 g/mol. The number of aromatic nitrogens is 1. The summed E-state index contributed by atoms with van der Waals surface area (Å²) in [4.78, 5) is 22.9. The van der Waals surface area contributed by atoms with Crippen molar-refractivity contribution in [3.63, 3.8) is 0 Å². The van der Waals surface area contributed by atoms with Crippen molar-refractivity contribution in [3.05, 3.63) is 35.3 Å². The van der Waals surface area contributed by atoms with Crippen LogP contribution in [0.5, 0.6) is 0 Å². The first-order valence-electron chi connectivity index (χ1n) is 7.07. The number of nitrogens with zero attached hydrogens (tertiary/aromatic N) is 2. The number of hydrogen-bond donors (Lipinski definition) is 1. The fraction of sp³-hybridized carbons (Fsp3) is 0.429. The fourth-order valence-corrected chi connectivity index (χ4v) is 3.31. The molecule has 7 heteroatoms. The van der Waals surface area contributed by atoms with Gasteiger partial charge >= 0.3 is 0 Å². The molecular formula is C14H20BN3O2S. The molecule has 5 nitrogen and oxygen atoms in total. The van der Waals surface area contributed by atoms with Gasteiger partial charge in [-0.05, 0) is 6.42 Å². The fourth-order valence-electron chi connectivity index (χ4n) is 2.60. The third-order valence-corrected chi connectivity index (χ3v) is 4.24. The molecule has 1 aliphatic rings. The van der Waals surface area contributed by atoms with Crippen LogP contribution in [0.25, 0.3) is 5.57 Å². The quantitative estimate of drug-likeness (QED) is 0.257. The minimum Gasteiger partial charge on any atom is -0.330 e. The zero-order valence-electron chi connectivity index (χ0n) is 12.2. The van der Waals surface area contributed by atoms with Crippen LogP contribution in [0.3, 0.4) is 0 Å². The molecule has 2 atom stereocenters. The van der Waals surface area contributed by atoms with E-state index in [0.717, 1.165) is 24.2 Å². The van der Waals surface area contributed by atoms with Gasteiger partial charge in [0.2, 0.25) is 0 Å². The first kappa shape index (κ1) is 16.1. The van der Waals surface area contributed by atoms with E-state index in [4.69, 9.17) is 4.84 Å². The van der Waals surface area contributed by atoms with Crippen LogP contribution in [0.2, 0.25) is 0 Å². The molecule has 0 aromatic carbocycles. The Balaban J connectivity index is 2.21. The van der Waals surface area contributed by atoms with E-state index in [2.05, 4.69) is 34.9 Å². The molecule has 0 bridgehead atoms. The maximum Gasteiger partial charge on any atom is 0.281 e. The van der Waals surface area contributed by atoms with Crippen molar-refractivity contribution in [2.24, 2.45) is 0 Å². The second-order valence-corrected chi connectivity index (χ2v) is 5.72. The molecule has 0 saturated carbocycles. The summed E-state index contributed by atoms with van der Waals surface area (Å²) in [6.07, 6.45) is 7.56. The molecular weight excluding hydrogens is 285 g/mol. The van der Waals surface area contributed by atoms with E-state index in [0.29, 0.717) is 14.0 Å². The molecule has 0 radical (unpaired) electrons. The third-order valence-electron chi connectivity index (χ3n) is 3.42. The maximum absolute atomic E-state index is 11.0. The van der Waals surface area contributed by atoms with Gasteiger partial charge in [-0.1, -0.05) is 19.1 Å². The summed E-state index contributed by atoms with van der Waals surface area (Å²) in [6, 6.07) is 0.255. The van der Waals surface area contributed by atoms with Crippen LogP contribution < -0.4 is 5.48 Å². The number of carbonyl (C=O) groups is 1. The van der Waals surface area contributed by atoms with Gasteiger partial charge in [0, 0.05) is 29.7 Å². The molecule has 0 unspecified atom stereocenters. The van der Waals surface area contributed by atoms with E-state index in [1.165, 1.54) is 5.57 Å². The average Bonchev–Trinajstić information content (AvgIpc) is 3.01. The maximum atomic E-state index is 11.0. The van der Waals surface area contributed by atoms with Gasteiger partial charge in [-0.25, -0.2) is 4.98 Å². The van der Waals surface area contributed by atoms with Gasteiger partial charge in [-0.15, -0.1) is 17.9 Å². The highest BCUT2D eigenvalue weighted by Gasteiger charge is 2.30. The topological polar surface area (TPSA) is 54.5 Å². The minimum absolute atomic E-state index is 0.0339. The standard InChI is InChI=1S/C14H20BN3O2S/c1-3-6-20-17-11-8-12(14-16-5-7-21-14)13(4-2)18(9-11)15-10-19/h3,5,7-8,10-11,13,15,17H,1,4,6,9H2,2H3/t11-,13+/m0/s1. The molecule has 112 valence electrons. The number of hydroxylamine groups is 1. The normalized spacial score (nSPS) is 22.6. The monoisotopic (exact) mass is 305 g/mol. The Hall–Kier alpha value is -1.28. The van der Waals surface area contributed by atoms with Crippen LogP contribution in [0.1, 0.15) is 18.4 Å².